The van der Waals surface area contributed by atoms with Gasteiger partial charge in [0.25, 0.3) is 0 Å². The normalized spacial score (nSPS) is 13.6. The molecule has 1 aromatic rings. The van der Waals surface area contributed by atoms with Gasteiger partial charge in [-0.25, -0.2) is 0 Å². The quantitative estimate of drug-likeness (QED) is 0.748. The number of rotatable bonds is 9. The molecule has 0 amide bonds. The van der Waals surface area contributed by atoms with Crippen LogP contribution >= 0.6 is 0 Å². The third-order valence-corrected chi connectivity index (χ3v) is 3.58. The Morgan fingerprint density at radius 2 is 1.81 bits per heavy atom. The Hall–Kier alpha value is -1.07. The van der Waals surface area contributed by atoms with Gasteiger partial charge >= 0.3 is 6.18 Å². The van der Waals surface area contributed by atoms with Crippen molar-refractivity contribution in [3.63, 3.8) is 0 Å². The second-order valence-electron chi connectivity index (χ2n) is 5.45. The minimum Gasteiger partial charge on any atom is -0.330 e. The molecule has 0 aromatic heterocycles. The summed E-state index contributed by atoms with van der Waals surface area (Å²) in [6.45, 7) is 4.17. The van der Waals surface area contributed by atoms with Crippen molar-refractivity contribution in [2.24, 2.45) is 5.73 Å². The Kier molecular flexibility index (Phi) is 7.75. The molecular formula is C16H25F3N2. The largest absolute Gasteiger partial charge is 0.389 e. The van der Waals surface area contributed by atoms with E-state index in [-0.39, 0.29) is 12.5 Å². The first-order valence-corrected chi connectivity index (χ1v) is 7.47. The smallest absolute Gasteiger partial charge is 0.330 e. The first-order valence-electron chi connectivity index (χ1n) is 7.47. The van der Waals surface area contributed by atoms with Gasteiger partial charge in [-0.05, 0) is 44.8 Å². The van der Waals surface area contributed by atoms with E-state index in [1.54, 1.807) is 0 Å². The van der Waals surface area contributed by atoms with Gasteiger partial charge in [0.15, 0.2) is 0 Å². The van der Waals surface area contributed by atoms with Gasteiger partial charge in [-0.3, -0.25) is 4.90 Å². The number of hydrogen-bond donors (Lipinski definition) is 1. The summed E-state index contributed by atoms with van der Waals surface area (Å²) in [5.74, 6) is 0. The second-order valence-corrected chi connectivity index (χ2v) is 5.45. The average molecular weight is 302 g/mol. The summed E-state index contributed by atoms with van der Waals surface area (Å²) in [5, 5.41) is 0. The number of nitrogens with zero attached hydrogens (tertiary/aromatic N) is 1. The van der Waals surface area contributed by atoms with E-state index in [9.17, 15) is 13.2 Å². The van der Waals surface area contributed by atoms with Crippen molar-refractivity contribution in [2.45, 2.75) is 51.4 Å². The van der Waals surface area contributed by atoms with Gasteiger partial charge in [-0.1, -0.05) is 30.3 Å². The summed E-state index contributed by atoms with van der Waals surface area (Å²) < 4.78 is 36.7. The van der Waals surface area contributed by atoms with E-state index in [0.717, 1.165) is 19.5 Å². The highest BCUT2D eigenvalue weighted by atomic mass is 19.4. The summed E-state index contributed by atoms with van der Waals surface area (Å²) in [7, 11) is 0. The molecule has 0 saturated heterocycles. The van der Waals surface area contributed by atoms with Gasteiger partial charge in [0.05, 0.1) is 0 Å². The van der Waals surface area contributed by atoms with Crippen molar-refractivity contribution in [1.82, 2.24) is 4.90 Å². The van der Waals surface area contributed by atoms with Crippen LogP contribution in [0.5, 0.6) is 0 Å². The van der Waals surface area contributed by atoms with Crippen LogP contribution in [0.4, 0.5) is 13.2 Å². The number of halogens is 3. The van der Waals surface area contributed by atoms with Gasteiger partial charge in [-0.15, -0.1) is 0 Å². The van der Waals surface area contributed by atoms with E-state index in [4.69, 9.17) is 5.73 Å². The maximum Gasteiger partial charge on any atom is 0.389 e. The Morgan fingerprint density at radius 3 is 2.38 bits per heavy atom. The van der Waals surface area contributed by atoms with Crippen LogP contribution in [0, 0.1) is 0 Å². The van der Waals surface area contributed by atoms with E-state index in [1.165, 1.54) is 5.56 Å². The molecule has 2 N–H and O–H groups in total. The highest BCUT2D eigenvalue weighted by Gasteiger charge is 2.26. The molecule has 1 rings (SSSR count). The summed E-state index contributed by atoms with van der Waals surface area (Å²) in [6.07, 6.45) is -3.17. The molecule has 0 heterocycles. The predicted molar refractivity (Wildman–Crippen MR) is 79.9 cm³/mol. The van der Waals surface area contributed by atoms with Crippen LogP contribution in [-0.2, 0) is 6.54 Å². The van der Waals surface area contributed by atoms with Crippen LogP contribution < -0.4 is 5.73 Å². The molecule has 0 aliphatic rings. The molecule has 0 aliphatic heterocycles. The third kappa shape index (κ3) is 8.07. The molecule has 0 aliphatic carbocycles. The maximum atomic E-state index is 12.2. The summed E-state index contributed by atoms with van der Waals surface area (Å²) in [5.41, 5.74) is 6.73. The zero-order valence-electron chi connectivity index (χ0n) is 12.6. The molecule has 0 bridgehead atoms. The molecular weight excluding hydrogens is 277 g/mol. The second kappa shape index (κ2) is 9.05. The monoisotopic (exact) mass is 302 g/mol. The van der Waals surface area contributed by atoms with Crippen molar-refractivity contribution in [2.75, 3.05) is 13.1 Å². The molecule has 1 aromatic carbocycles. The summed E-state index contributed by atoms with van der Waals surface area (Å²) >= 11 is 0. The van der Waals surface area contributed by atoms with Gasteiger partial charge in [0.2, 0.25) is 0 Å². The van der Waals surface area contributed by atoms with Crippen LogP contribution in [0.3, 0.4) is 0 Å². The highest BCUT2D eigenvalue weighted by molar-refractivity contribution is 5.14. The van der Waals surface area contributed by atoms with Crippen molar-refractivity contribution in [3.05, 3.63) is 35.9 Å². The highest BCUT2D eigenvalue weighted by Crippen LogP contribution is 2.24. The van der Waals surface area contributed by atoms with Crippen LogP contribution in [0.1, 0.15) is 38.2 Å². The Morgan fingerprint density at radius 1 is 1.14 bits per heavy atom. The predicted octanol–water partition coefficient (Wildman–Crippen LogP) is 3.96. The van der Waals surface area contributed by atoms with Gasteiger partial charge in [0.1, 0.15) is 0 Å². The number of nitrogens with two attached hydrogens (primary N) is 1. The lowest BCUT2D eigenvalue weighted by molar-refractivity contribution is -0.136. The van der Waals surface area contributed by atoms with E-state index >= 15 is 0 Å². The van der Waals surface area contributed by atoms with E-state index in [2.05, 4.69) is 4.90 Å². The van der Waals surface area contributed by atoms with Gasteiger partial charge in [-0.2, -0.15) is 13.2 Å². The van der Waals surface area contributed by atoms with Crippen molar-refractivity contribution in [1.29, 1.82) is 0 Å². The Balaban J connectivity index is 2.51. The molecule has 0 fully saturated rings. The molecule has 1 atom stereocenters. The fourth-order valence-corrected chi connectivity index (χ4v) is 2.35. The lowest BCUT2D eigenvalue weighted by Gasteiger charge is -2.29. The van der Waals surface area contributed by atoms with E-state index in [0.29, 0.717) is 13.0 Å². The minimum absolute atomic E-state index is 0.124. The molecule has 21 heavy (non-hydrogen) atoms. The summed E-state index contributed by atoms with van der Waals surface area (Å²) in [4.78, 5) is 2.22. The van der Waals surface area contributed by atoms with Gasteiger partial charge < -0.3 is 5.73 Å². The van der Waals surface area contributed by atoms with Gasteiger partial charge in [0, 0.05) is 19.0 Å². The Labute approximate surface area is 125 Å². The topological polar surface area (TPSA) is 29.3 Å². The van der Waals surface area contributed by atoms with Crippen molar-refractivity contribution >= 4 is 0 Å². The first kappa shape index (κ1) is 18.0. The maximum absolute atomic E-state index is 12.2. The van der Waals surface area contributed by atoms with Crippen LogP contribution in [-0.4, -0.2) is 30.2 Å². The molecule has 1 unspecified atom stereocenters. The number of benzene rings is 1. The fourth-order valence-electron chi connectivity index (χ4n) is 2.35. The molecule has 2 nitrogen and oxygen atoms in total. The lowest BCUT2D eigenvalue weighted by Crippen LogP contribution is -2.34. The standard InChI is InChI=1S/C16H25F3N2/c1-14(7-5-10-16(17,18)19)21(12-6-11-20)13-15-8-3-2-4-9-15/h2-4,8-9,14H,5-7,10-13,20H2,1H3. The zero-order valence-corrected chi connectivity index (χ0v) is 12.6. The average Bonchev–Trinajstić information content (AvgIpc) is 2.43. The van der Waals surface area contributed by atoms with E-state index < -0.39 is 12.6 Å². The minimum atomic E-state index is -4.05. The summed E-state index contributed by atoms with van der Waals surface area (Å²) in [6, 6.07) is 10.1. The molecule has 0 spiro atoms. The van der Waals surface area contributed by atoms with E-state index in [1.807, 2.05) is 37.3 Å². The lowest BCUT2D eigenvalue weighted by atomic mass is 10.1. The zero-order chi connectivity index (χ0) is 15.7. The van der Waals surface area contributed by atoms with Crippen LogP contribution in [0.25, 0.3) is 0 Å². The first-order chi connectivity index (χ1) is 9.92. The van der Waals surface area contributed by atoms with Crippen LogP contribution in [0.15, 0.2) is 30.3 Å². The molecule has 0 saturated carbocycles. The fraction of sp³-hybridized carbons (Fsp3) is 0.625. The molecule has 5 heteroatoms. The SMILES string of the molecule is CC(CCCC(F)(F)F)N(CCCN)Cc1ccccc1. The molecule has 120 valence electrons. The number of alkyl halides is 3. The van der Waals surface area contributed by atoms with Crippen molar-refractivity contribution < 1.29 is 13.2 Å². The Bertz CT molecular complexity index is 379. The number of hydrogen-bond acceptors (Lipinski definition) is 2. The van der Waals surface area contributed by atoms with Crippen LogP contribution in [0.2, 0.25) is 0 Å². The molecule has 0 radical (unpaired) electrons. The van der Waals surface area contributed by atoms with Crippen molar-refractivity contribution in [3.8, 4) is 0 Å². The third-order valence-electron chi connectivity index (χ3n) is 3.58.